The van der Waals surface area contributed by atoms with Gasteiger partial charge in [0.25, 0.3) is 0 Å². The zero-order chi connectivity index (χ0) is 19.8. The van der Waals surface area contributed by atoms with Gasteiger partial charge >= 0.3 is 0 Å². The van der Waals surface area contributed by atoms with Crippen LogP contribution in [0.4, 0.5) is 8.78 Å². The van der Waals surface area contributed by atoms with Crippen molar-refractivity contribution in [2.24, 2.45) is 0 Å². The highest BCUT2D eigenvalue weighted by molar-refractivity contribution is 7.89. The number of benzene rings is 2. The molecule has 0 unspecified atom stereocenters. The van der Waals surface area contributed by atoms with E-state index in [1.807, 2.05) is 0 Å². The molecule has 0 radical (unpaired) electrons. The van der Waals surface area contributed by atoms with E-state index in [1.54, 1.807) is 6.92 Å². The van der Waals surface area contributed by atoms with E-state index < -0.39 is 37.7 Å². The third kappa shape index (κ3) is 3.88. The number of sulfonamides is 2. The van der Waals surface area contributed by atoms with Crippen molar-refractivity contribution in [2.45, 2.75) is 22.8 Å². The third-order valence-corrected chi connectivity index (χ3v) is 8.24. The SMILES string of the molecule is C[C@@H]1CN(S(=O)(=O)c2cccc(F)c2)CCN1S(=O)(=O)c1cccc(F)c1. The van der Waals surface area contributed by atoms with Crippen LogP contribution >= 0.6 is 0 Å². The molecule has 1 saturated heterocycles. The Bertz CT molecular complexity index is 1060. The van der Waals surface area contributed by atoms with Crippen molar-refractivity contribution >= 4 is 20.0 Å². The van der Waals surface area contributed by atoms with Gasteiger partial charge in [-0.2, -0.15) is 8.61 Å². The van der Waals surface area contributed by atoms with Gasteiger partial charge in [-0.3, -0.25) is 0 Å². The molecule has 2 aromatic rings. The van der Waals surface area contributed by atoms with E-state index in [0.29, 0.717) is 0 Å². The summed E-state index contributed by atoms with van der Waals surface area (Å²) >= 11 is 0. The van der Waals surface area contributed by atoms with Crippen molar-refractivity contribution in [2.75, 3.05) is 19.6 Å². The monoisotopic (exact) mass is 416 g/mol. The lowest BCUT2D eigenvalue weighted by molar-refractivity contribution is 0.212. The van der Waals surface area contributed by atoms with Crippen molar-refractivity contribution in [3.8, 4) is 0 Å². The number of rotatable bonds is 4. The van der Waals surface area contributed by atoms with Crippen molar-refractivity contribution < 1.29 is 25.6 Å². The first-order valence-corrected chi connectivity index (χ1v) is 11.0. The van der Waals surface area contributed by atoms with Gasteiger partial charge in [0.05, 0.1) is 9.79 Å². The van der Waals surface area contributed by atoms with Gasteiger partial charge in [0.15, 0.2) is 0 Å². The van der Waals surface area contributed by atoms with Gasteiger partial charge in [0.1, 0.15) is 11.6 Å². The van der Waals surface area contributed by atoms with Crippen LogP contribution in [0.25, 0.3) is 0 Å². The predicted octanol–water partition coefficient (Wildman–Crippen LogP) is 2.05. The van der Waals surface area contributed by atoms with Gasteiger partial charge < -0.3 is 0 Å². The number of nitrogens with zero attached hydrogens (tertiary/aromatic N) is 2. The van der Waals surface area contributed by atoms with Crippen LogP contribution in [0.15, 0.2) is 58.3 Å². The molecule has 1 fully saturated rings. The molecular formula is C17H18F2N2O4S2. The topological polar surface area (TPSA) is 74.8 Å². The molecule has 2 aromatic carbocycles. The Morgan fingerprint density at radius 1 is 0.852 bits per heavy atom. The summed E-state index contributed by atoms with van der Waals surface area (Å²) in [5.41, 5.74) is 0. The fraction of sp³-hybridized carbons (Fsp3) is 0.294. The zero-order valence-electron chi connectivity index (χ0n) is 14.4. The molecule has 0 bridgehead atoms. The van der Waals surface area contributed by atoms with E-state index in [2.05, 4.69) is 0 Å². The normalized spacial score (nSPS) is 19.9. The van der Waals surface area contributed by atoms with Crippen LogP contribution in [0.3, 0.4) is 0 Å². The highest BCUT2D eigenvalue weighted by atomic mass is 32.2. The molecule has 27 heavy (non-hydrogen) atoms. The molecule has 146 valence electrons. The molecule has 1 aliphatic heterocycles. The molecule has 0 aliphatic carbocycles. The van der Waals surface area contributed by atoms with Crippen molar-refractivity contribution in [3.05, 3.63) is 60.2 Å². The van der Waals surface area contributed by atoms with E-state index in [0.717, 1.165) is 32.9 Å². The summed E-state index contributed by atoms with van der Waals surface area (Å²) in [6, 6.07) is 8.66. The standard InChI is InChI=1S/C17H18F2N2O4S2/c1-13-12-20(26(22,23)16-6-2-4-14(18)10-16)8-9-21(13)27(24,25)17-7-3-5-15(19)11-17/h2-7,10-11,13H,8-9,12H2,1H3/t13-/m1/s1. The molecule has 0 aromatic heterocycles. The predicted molar refractivity (Wildman–Crippen MR) is 94.9 cm³/mol. The van der Waals surface area contributed by atoms with Gasteiger partial charge in [0.2, 0.25) is 20.0 Å². The molecule has 10 heteroatoms. The second-order valence-electron chi connectivity index (χ2n) is 6.24. The summed E-state index contributed by atoms with van der Waals surface area (Å²) in [5.74, 6) is -1.34. The molecule has 1 heterocycles. The summed E-state index contributed by atoms with van der Waals surface area (Å²) in [5, 5.41) is 0. The Hall–Kier alpha value is -1.88. The van der Waals surface area contributed by atoms with Crippen LogP contribution in [-0.2, 0) is 20.0 Å². The van der Waals surface area contributed by atoms with Crippen LogP contribution in [0, 0.1) is 11.6 Å². The number of piperazine rings is 1. The Morgan fingerprint density at radius 2 is 1.37 bits per heavy atom. The minimum absolute atomic E-state index is 0.0856. The molecular weight excluding hydrogens is 398 g/mol. The third-order valence-electron chi connectivity index (χ3n) is 4.37. The van der Waals surface area contributed by atoms with Gasteiger partial charge in [-0.25, -0.2) is 25.6 Å². The first kappa shape index (κ1) is 19.9. The Kier molecular flexibility index (Phi) is 5.35. The summed E-state index contributed by atoms with van der Waals surface area (Å²) in [6.07, 6.45) is 0. The second kappa shape index (κ2) is 7.27. The maximum atomic E-state index is 13.4. The lowest BCUT2D eigenvalue weighted by atomic mass is 10.3. The van der Waals surface area contributed by atoms with E-state index >= 15 is 0 Å². The van der Waals surface area contributed by atoms with Crippen LogP contribution in [-0.4, -0.2) is 51.1 Å². The zero-order valence-corrected chi connectivity index (χ0v) is 16.1. The fourth-order valence-corrected chi connectivity index (χ4v) is 6.21. The minimum atomic E-state index is -3.96. The molecule has 1 atom stereocenters. The molecule has 3 rings (SSSR count). The van der Waals surface area contributed by atoms with Crippen LogP contribution in [0.5, 0.6) is 0 Å². The number of halogens is 2. The lowest BCUT2D eigenvalue weighted by Gasteiger charge is -2.38. The van der Waals surface area contributed by atoms with Gasteiger partial charge in [0, 0.05) is 25.7 Å². The fourth-order valence-electron chi connectivity index (χ4n) is 3.02. The van der Waals surface area contributed by atoms with Gasteiger partial charge in [-0.1, -0.05) is 12.1 Å². The van der Waals surface area contributed by atoms with Crippen molar-refractivity contribution in [1.82, 2.24) is 8.61 Å². The molecule has 1 aliphatic rings. The lowest BCUT2D eigenvalue weighted by Crippen LogP contribution is -2.55. The quantitative estimate of drug-likeness (QED) is 0.765. The van der Waals surface area contributed by atoms with Crippen molar-refractivity contribution in [3.63, 3.8) is 0 Å². The maximum absolute atomic E-state index is 13.4. The summed E-state index contributed by atoms with van der Waals surface area (Å²) < 4.78 is 80.0. The van der Waals surface area contributed by atoms with Crippen LogP contribution in [0.2, 0.25) is 0 Å². The summed E-state index contributed by atoms with van der Waals surface area (Å²) in [6.45, 7) is 1.31. The Labute approximate surface area is 157 Å². The average Bonchev–Trinajstić information content (AvgIpc) is 2.61. The highest BCUT2D eigenvalue weighted by Crippen LogP contribution is 2.25. The number of hydrogen-bond acceptors (Lipinski definition) is 4. The summed E-state index contributed by atoms with van der Waals surface area (Å²) in [7, 11) is -7.91. The van der Waals surface area contributed by atoms with Gasteiger partial charge in [-0.15, -0.1) is 0 Å². The first-order chi connectivity index (χ1) is 12.6. The molecule has 0 saturated carbocycles. The van der Waals surface area contributed by atoms with Crippen LogP contribution < -0.4 is 0 Å². The van der Waals surface area contributed by atoms with E-state index in [1.165, 1.54) is 24.3 Å². The molecule has 0 amide bonds. The molecule has 6 nitrogen and oxygen atoms in total. The highest BCUT2D eigenvalue weighted by Gasteiger charge is 2.38. The molecule has 0 N–H and O–H groups in total. The van der Waals surface area contributed by atoms with Crippen molar-refractivity contribution in [1.29, 1.82) is 0 Å². The van der Waals surface area contributed by atoms with E-state index in [-0.39, 0.29) is 29.4 Å². The minimum Gasteiger partial charge on any atom is -0.207 e. The van der Waals surface area contributed by atoms with E-state index in [9.17, 15) is 25.6 Å². The second-order valence-corrected chi connectivity index (χ2v) is 10.1. The average molecular weight is 416 g/mol. The first-order valence-electron chi connectivity index (χ1n) is 8.15. The Morgan fingerprint density at radius 3 is 1.85 bits per heavy atom. The Balaban J connectivity index is 1.84. The smallest absolute Gasteiger partial charge is 0.207 e. The van der Waals surface area contributed by atoms with Crippen LogP contribution in [0.1, 0.15) is 6.92 Å². The largest absolute Gasteiger partial charge is 0.243 e. The summed E-state index contributed by atoms with van der Waals surface area (Å²) in [4.78, 5) is -0.369. The van der Waals surface area contributed by atoms with Gasteiger partial charge in [-0.05, 0) is 43.3 Å². The number of hydrogen-bond donors (Lipinski definition) is 0. The van der Waals surface area contributed by atoms with E-state index in [4.69, 9.17) is 0 Å². The maximum Gasteiger partial charge on any atom is 0.243 e. The molecule has 0 spiro atoms.